The first-order valence-corrected chi connectivity index (χ1v) is 50.9. The average molecular weight is 1920 g/mol. The highest BCUT2D eigenvalue weighted by Crippen LogP contribution is 2.53. The Morgan fingerprint density at radius 1 is 0.177 bits per heavy atom. The second-order valence-electron chi connectivity index (χ2n) is 45.3. The number of rotatable bonds is 16. The fraction of sp³-hybridized carbons (Fsp3) is 0.200. The molecule has 1 aliphatic carbocycles. The molecule has 147 heavy (non-hydrogen) atoms. The smallest absolute Gasteiger partial charge is 0.160 e. The van der Waals surface area contributed by atoms with Crippen LogP contribution in [0.5, 0.6) is 0 Å². The van der Waals surface area contributed by atoms with Crippen LogP contribution in [0.3, 0.4) is 0 Å². The molecule has 0 fully saturated rings. The lowest BCUT2D eigenvalue weighted by atomic mass is 9.78. The lowest BCUT2D eigenvalue weighted by molar-refractivity contribution is 0.568. The van der Waals surface area contributed by atoms with Crippen LogP contribution in [-0.4, -0.2) is 59.8 Å². The second-order valence-corrected chi connectivity index (χ2v) is 45.3. The van der Waals surface area contributed by atoms with Crippen LogP contribution in [-0.2, 0) is 37.9 Å². The van der Waals surface area contributed by atoms with Crippen molar-refractivity contribution >= 4 is 0 Å². The first-order valence-electron chi connectivity index (χ1n) is 50.9. The molecule has 0 atom stereocenters. The molecular formula is C135H126N12. The first kappa shape index (κ1) is 99.3. The van der Waals surface area contributed by atoms with Gasteiger partial charge in [0.25, 0.3) is 0 Å². The predicted octanol–water partition coefficient (Wildman–Crippen LogP) is 34.6. The third kappa shape index (κ3) is 22.3. The zero-order chi connectivity index (χ0) is 103. The summed E-state index contributed by atoms with van der Waals surface area (Å²) in [4.78, 5) is 58.1. The third-order valence-electron chi connectivity index (χ3n) is 27.8. The highest BCUT2D eigenvalue weighted by Gasteiger charge is 2.38. The summed E-state index contributed by atoms with van der Waals surface area (Å²) in [5.74, 6) is 1.99. The minimum Gasteiger partial charge on any atom is -0.261 e. The van der Waals surface area contributed by atoms with Crippen molar-refractivity contribution in [1.82, 2.24) is 59.8 Å². The maximum absolute atomic E-state index is 5.44. The summed E-state index contributed by atoms with van der Waals surface area (Å²) in [6.07, 6.45) is 15.8. The lowest BCUT2D eigenvalue weighted by Crippen LogP contribution is -2.16. The molecular weight excluding hydrogens is 1790 g/mol. The Hall–Kier alpha value is -16.4. The molecule has 0 aliphatic heterocycles. The Bertz CT molecular complexity index is 8030. The first-order chi connectivity index (χ1) is 70.3. The summed E-state index contributed by atoms with van der Waals surface area (Å²) in [5, 5.41) is 0. The van der Waals surface area contributed by atoms with Crippen LogP contribution in [0.2, 0.25) is 0 Å². The molecule has 6 aromatic heterocycles. The van der Waals surface area contributed by atoms with E-state index in [0.29, 0.717) is 17.5 Å². The molecule has 1 aliphatic rings. The van der Waals surface area contributed by atoms with Crippen LogP contribution in [0.4, 0.5) is 0 Å². The van der Waals surface area contributed by atoms with Gasteiger partial charge in [-0.2, -0.15) is 0 Å². The minimum absolute atomic E-state index is 0.000925. The van der Waals surface area contributed by atoms with Crippen LogP contribution in [0, 0.1) is 0 Å². The Balaban J connectivity index is 0.000000140. The van der Waals surface area contributed by atoms with Gasteiger partial charge in [-0.25, -0.2) is 39.9 Å². The Labute approximate surface area is 867 Å². The fourth-order valence-electron chi connectivity index (χ4n) is 19.1. The summed E-state index contributed by atoms with van der Waals surface area (Å²) in [6.45, 7) is 45.7. The number of hydrogen-bond acceptors (Lipinski definition) is 12. The van der Waals surface area contributed by atoms with Gasteiger partial charge in [0, 0.05) is 109 Å². The third-order valence-corrected chi connectivity index (χ3v) is 27.8. The molecule has 14 aromatic carbocycles. The molecule has 0 saturated heterocycles. The largest absolute Gasteiger partial charge is 0.261 e. The number of aromatic nitrogens is 12. The van der Waals surface area contributed by atoms with Crippen LogP contribution in [0.15, 0.2) is 402 Å². The molecule has 0 radical (unpaired) electrons. The summed E-state index contributed by atoms with van der Waals surface area (Å²) in [6, 6.07) is 123. The predicted molar refractivity (Wildman–Crippen MR) is 610 cm³/mol. The van der Waals surface area contributed by atoms with E-state index >= 15 is 0 Å². The standard InChI is InChI=1S/C49H46N4.C46H42N4.C40H38N4/c1-47(2,3)37-24-34(25-38(26-37)48(4,5)6)32-21-33(36-28-50-30-51-29-36)23-35(22-32)46-52-43(31-15-10-9-11-16-31)27-44(53-46)40-18-14-20-42-45(40)39-17-12-13-19-41(39)49(42,7)8;1-45(2,3)37-26-36(27-38(28-37)46(4,5)6)32-16-12-17-33(24-32)41-29-42(40-21-11-10-20-39(40)31-14-8-7-9-15-31)50-44(49-41)35-19-13-18-34(25-35)43-30-47-22-23-48-43;1-39(2,3)33-22-30(23-34(24-33)40(4,5)6)29-19-31(37-26-41-17-18-42-37)21-32(20-29)38-43-35(27-13-9-7-10-14-27)25-36(44-38)28-15-11-8-12-16-28/h9-30H,1-8H3;7-30H,1-6H3;7-26H,1-6H3. The normalized spacial score (nSPS) is 12.4. The van der Waals surface area contributed by atoms with Crippen LogP contribution < -0.4 is 0 Å². The average Bonchev–Trinajstić information content (AvgIpc) is 1.59. The molecule has 12 nitrogen and oxygen atoms in total. The molecule has 12 heteroatoms. The van der Waals surface area contributed by atoms with Gasteiger partial charge in [0.2, 0.25) is 0 Å². The fourth-order valence-corrected chi connectivity index (χ4v) is 19.1. The van der Waals surface area contributed by atoms with Crippen molar-refractivity contribution in [3.63, 3.8) is 0 Å². The van der Waals surface area contributed by atoms with Gasteiger partial charge in [0.1, 0.15) is 6.33 Å². The molecule has 20 aromatic rings. The van der Waals surface area contributed by atoms with Crippen LogP contribution >= 0.6 is 0 Å². The van der Waals surface area contributed by atoms with E-state index in [1.165, 1.54) is 66.8 Å². The van der Waals surface area contributed by atoms with Crippen molar-refractivity contribution < 1.29 is 0 Å². The summed E-state index contributed by atoms with van der Waals surface area (Å²) in [5.41, 5.74) is 42.0. The van der Waals surface area contributed by atoms with Gasteiger partial charge in [-0.1, -0.05) is 418 Å². The monoisotopic (exact) mass is 1920 g/mol. The molecule has 0 bridgehead atoms. The van der Waals surface area contributed by atoms with E-state index in [2.05, 4.69) is 453 Å². The maximum Gasteiger partial charge on any atom is 0.160 e. The van der Waals surface area contributed by atoms with E-state index in [9.17, 15) is 0 Å². The zero-order valence-corrected chi connectivity index (χ0v) is 88.0. The van der Waals surface area contributed by atoms with E-state index in [1.807, 2.05) is 79.3 Å². The number of nitrogens with zero attached hydrogens (tertiary/aromatic N) is 12. The van der Waals surface area contributed by atoms with Crippen molar-refractivity contribution in [2.75, 3.05) is 0 Å². The van der Waals surface area contributed by atoms with E-state index < -0.39 is 0 Å². The van der Waals surface area contributed by atoms with Crippen molar-refractivity contribution in [3.8, 4) is 191 Å². The van der Waals surface area contributed by atoms with Gasteiger partial charge < -0.3 is 0 Å². The summed E-state index contributed by atoms with van der Waals surface area (Å²) >= 11 is 0. The highest BCUT2D eigenvalue weighted by atomic mass is 14.9. The zero-order valence-electron chi connectivity index (χ0n) is 88.0. The van der Waals surface area contributed by atoms with Gasteiger partial charge in [-0.05, 0) is 205 Å². The number of hydrogen-bond donors (Lipinski definition) is 0. The number of fused-ring (bicyclic) bond motifs is 3. The van der Waals surface area contributed by atoms with Crippen molar-refractivity contribution in [3.05, 3.63) is 446 Å². The van der Waals surface area contributed by atoms with E-state index in [4.69, 9.17) is 29.9 Å². The molecule has 0 unspecified atom stereocenters. The summed E-state index contributed by atoms with van der Waals surface area (Å²) in [7, 11) is 0. The topological polar surface area (TPSA) is 155 Å². The van der Waals surface area contributed by atoms with Crippen LogP contribution in [0.25, 0.3) is 191 Å². The van der Waals surface area contributed by atoms with Crippen LogP contribution in [0.1, 0.15) is 183 Å². The molecule has 21 rings (SSSR count). The molecule has 0 N–H and O–H groups in total. The Kier molecular flexibility index (Phi) is 27.4. The van der Waals surface area contributed by atoms with Crippen molar-refractivity contribution in [2.24, 2.45) is 0 Å². The molecule has 0 saturated carbocycles. The minimum atomic E-state index is -0.117. The Morgan fingerprint density at radius 3 is 0.905 bits per heavy atom. The van der Waals surface area contributed by atoms with Crippen molar-refractivity contribution in [1.29, 1.82) is 0 Å². The molecule has 6 heterocycles. The van der Waals surface area contributed by atoms with Gasteiger partial charge in [-0.15, -0.1) is 0 Å². The van der Waals surface area contributed by atoms with Crippen molar-refractivity contribution in [2.45, 2.75) is 176 Å². The van der Waals surface area contributed by atoms with Gasteiger partial charge in [0.15, 0.2) is 17.5 Å². The van der Waals surface area contributed by atoms with E-state index in [-0.39, 0.29) is 37.9 Å². The van der Waals surface area contributed by atoms with Gasteiger partial charge in [0.05, 0.1) is 57.9 Å². The van der Waals surface area contributed by atoms with E-state index in [0.717, 1.165) is 151 Å². The van der Waals surface area contributed by atoms with Gasteiger partial charge in [-0.3, -0.25) is 19.9 Å². The molecule has 0 spiro atoms. The second kappa shape index (κ2) is 40.6. The molecule has 726 valence electrons. The van der Waals surface area contributed by atoms with E-state index in [1.54, 1.807) is 37.3 Å². The SMILES string of the molecule is CC(C)(C)c1cc(-c2cc(-c3cnccn3)cc(-c3nc(-c4ccccc4)cc(-c4ccccc4)n3)c2)cc(C(C)(C)C)c1.CC(C)(C)c1cc(-c2cc(-c3cncnc3)cc(-c3nc(-c4ccccc4)cc(-c4cccc5c4-c4ccccc4C5(C)C)n3)c2)cc(C(C)(C)C)c1.CC(C)(C)c1cc(-c2cccc(-c3cc(-c4ccccc4-c4ccccc4)nc(-c4cccc(-c5cnccn5)c4)n3)c2)cc(C(C)(C)C)c1. The van der Waals surface area contributed by atoms with Gasteiger partial charge >= 0.3 is 0 Å². The number of benzene rings is 14. The molecule has 0 amide bonds. The maximum atomic E-state index is 5.44. The Morgan fingerprint density at radius 2 is 0.463 bits per heavy atom. The lowest BCUT2D eigenvalue weighted by Gasteiger charge is -2.26. The summed E-state index contributed by atoms with van der Waals surface area (Å²) < 4.78 is 0. The highest BCUT2D eigenvalue weighted by molar-refractivity contribution is 5.94. The quantitative estimate of drug-likeness (QED) is 0.0904.